The van der Waals surface area contributed by atoms with E-state index in [9.17, 15) is 0 Å². The largest absolute Gasteiger partial charge is 0.497 e. The fraction of sp³-hybridized carbons (Fsp3) is 0.294. The van der Waals surface area contributed by atoms with Crippen LogP contribution >= 0.6 is 16.8 Å². The van der Waals surface area contributed by atoms with Crippen molar-refractivity contribution in [1.82, 2.24) is 0 Å². The summed E-state index contributed by atoms with van der Waals surface area (Å²) in [6.45, 7) is 4.07. The Kier molecular flexibility index (Phi) is 6.51. The van der Waals surface area contributed by atoms with Gasteiger partial charge in [-0.2, -0.15) is 0 Å². The molecule has 0 saturated heterocycles. The first-order valence-corrected chi connectivity index (χ1v) is 11.5. The monoisotopic (exact) mass is 352 g/mol. The molecule has 2 nitrogen and oxygen atoms in total. The number of ether oxygens (including phenoxy) is 1. The molecule has 0 aliphatic carbocycles. The van der Waals surface area contributed by atoms with Crippen LogP contribution in [0, 0.1) is 0 Å². The predicted molar refractivity (Wildman–Crippen MR) is 101 cm³/mol. The van der Waals surface area contributed by atoms with Gasteiger partial charge < -0.3 is 9.26 Å². The molecule has 2 aromatic rings. The van der Waals surface area contributed by atoms with E-state index in [4.69, 9.17) is 21.1 Å². The SMILES string of the molecule is COc1ccc(P(=S)(OC(C)C)SCc2ccccc2)cc1. The third-order valence-electron chi connectivity index (χ3n) is 2.98. The molecule has 1 atom stereocenters. The summed E-state index contributed by atoms with van der Waals surface area (Å²) in [6.07, 6.45) is 0.108. The van der Waals surface area contributed by atoms with Gasteiger partial charge in [-0.25, -0.2) is 0 Å². The van der Waals surface area contributed by atoms with Crippen molar-refractivity contribution in [2.75, 3.05) is 7.11 Å². The fourth-order valence-corrected chi connectivity index (χ4v) is 7.68. The van der Waals surface area contributed by atoms with E-state index in [0.29, 0.717) is 0 Å². The van der Waals surface area contributed by atoms with Crippen molar-refractivity contribution in [3.05, 3.63) is 60.2 Å². The smallest absolute Gasteiger partial charge is 0.149 e. The van der Waals surface area contributed by atoms with Gasteiger partial charge in [-0.15, -0.1) is 0 Å². The third kappa shape index (κ3) is 4.85. The van der Waals surface area contributed by atoms with E-state index in [0.717, 1.165) is 16.8 Å². The lowest BCUT2D eigenvalue weighted by molar-refractivity contribution is 0.279. The van der Waals surface area contributed by atoms with Gasteiger partial charge >= 0.3 is 0 Å². The highest BCUT2D eigenvalue weighted by molar-refractivity contribution is 8.71. The van der Waals surface area contributed by atoms with Crippen LogP contribution in [0.5, 0.6) is 5.75 Å². The third-order valence-corrected chi connectivity index (χ3v) is 9.55. The molecule has 2 aromatic carbocycles. The first kappa shape index (κ1) is 17.6. The number of hydrogen-bond acceptors (Lipinski definition) is 4. The minimum Gasteiger partial charge on any atom is -0.497 e. The van der Waals surface area contributed by atoms with Gasteiger partial charge in [0.25, 0.3) is 0 Å². The van der Waals surface area contributed by atoms with Gasteiger partial charge in [0.05, 0.1) is 13.2 Å². The summed E-state index contributed by atoms with van der Waals surface area (Å²) < 4.78 is 11.4. The minimum absolute atomic E-state index is 0.108. The van der Waals surface area contributed by atoms with Crippen LogP contribution < -0.4 is 10.0 Å². The van der Waals surface area contributed by atoms with Crippen molar-refractivity contribution >= 4 is 34.0 Å². The quantitative estimate of drug-likeness (QED) is 0.653. The molecule has 0 N–H and O–H groups in total. The zero-order valence-electron chi connectivity index (χ0n) is 13.1. The second-order valence-electron chi connectivity index (χ2n) is 5.11. The average Bonchev–Trinajstić information content (AvgIpc) is 2.53. The maximum absolute atomic E-state index is 6.17. The van der Waals surface area contributed by atoms with Crippen molar-refractivity contribution < 1.29 is 9.26 Å². The number of methoxy groups -OCH3 is 1. The molecule has 0 radical (unpaired) electrons. The van der Waals surface area contributed by atoms with E-state index in [1.54, 1.807) is 18.5 Å². The minimum atomic E-state index is -2.13. The zero-order valence-corrected chi connectivity index (χ0v) is 15.6. The van der Waals surface area contributed by atoms with Gasteiger partial charge in [0.2, 0.25) is 0 Å². The van der Waals surface area contributed by atoms with E-state index in [1.807, 2.05) is 44.2 Å². The van der Waals surface area contributed by atoms with Crippen LogP contribution in [0.25, 0.3) is 0 Å². The van der Waals surface area contributed by atoms with E-state index in [2.05, 4.69) is 24.3 Å². The fourth-order valence-electron chi connectivity index (χ4n) is 1.94. The molecule has 1 unspecified atom stereocenters. The molecule has 0 aliphatic heterocycles. The van der Waals surface area contributed by atoms with E-state index < -0.39 is 5.47 Å². The van der Waals surface area contributed by atoms with Gasteiger partial charge in [0, 0.05) is 11.1 Å². The normalized spacial score (nSPS) is 13.8. The maximum atomic E-state index is 6.17. The summed E-state index contributed by atoms with van der Waals surface area (Å²) in [5.74, 6) is 1.69. The highest BCUT2D eigenvalue weighted by Gasteiger charge is 2.23. The molecule has 0 fully saturated rings. The zero-order chi connectivity index (χ0) is 16.0. The summed E-state index contributed by atoms with van der Waals surface area (Å²) in [7, 11) is 1.67. The average molecular weight is 352 g/mol. The van der Waals surface area contributed by atoms with Crippen LogP contribution in [-0.4, -0.2) is 13.2 Å². The van der Waals surface area contributed by atoms with E-state index >= 15 is 0 Å². The lowest BCUT2D eigenvalue weighted by Crippen LogP contribution is -2.09. The van der Waals surface area contributed by atoms with Gasteiger partial charge in [0.1, 0.15) is 11.2 Å². The molecule has 5 heteroatoms. The topological polar surface area (TPSA) is 18.5 Å². The van der Waals surface area contributed by atoms with Gasteiger partial charge in [0.15, 0.2) is 0 Å². The van der Waals surface area contributed by atoms with Crippen LogP contribution in [0.2, 0.25) is 0 Å². The molecule has 0 amide bonds. The second kappa shape index (κ2) is 8.16. The summed E-state index contributed by atoms with van der Waals surface area (Å²) in [6, 6.07) is 18.3. The van der Waals surface area contributed by atoms with Gasteiger partial charge in [-0.1, -0.05) is 53.5 Å². The number of hydrogen-bond donors (Lipinski definition) is 0. The van der Waals surface area contributed by atoms with Crippen molar-refractivity contribution in [3.63, 3.8) is 0 Å². The second-order valence-corrected chi connectivity index (χ2v) is 11.9. The highest BCUT2D eigenvalue weighted by Crippen LogP contribution is 2.60. The first-order chi connectivity index (χ1) is 10.5. The molecule has 0 heterocycles. The summed E-state index contributed by atoms with van der Waals surface area (Å²) in [5.41, 5.74) is -0.863. The maximum Gasteiger partial charge on any atom is 0.149 e. The van der Waals surface area contributed by atoms with Crippen molar-refractivity contribution in [1.29, 1.82) is 0 Å². The van der Waals surface area contributed by atoms with Crippen LogP contribution in [0.4, 0.5) is 0 Å². The Balaban J connectivity index is 2.20. The molecule has 0 aliphatic rings. The molecule has 0 saturated carbocycles. The number of rotatable bonds is 7. The Labute approximate surface area is 142 Å². The van der Waals surface area contributed by atoms with Crippen molar-refractivity contribution in [2.45, 2.75) is 25.7 Å². The van der Waals surface area contributed by atoms with Crippen molar-refractivity contribution in [3.8, 4) is 5.75 Å². The molecule has 0 spiro atoms. The van der Waals surface area contributed by atoms with Gasteiger partial charge in [-0.05, 0) is 43.7 Å². The molecule has 118 valence electrons. The van der Waals surface area contributed by atoms with Crippen LogP contribution in [0.1, 0.15) is 19.4 Å². The predicted octanol–water partition coefficient (Wildman–Crippen LogP) is 4.99. The molecule has 22 heavy (non-hydrogen) atoms. The Hall–Kier alpha value is -0.800. The molecule has 0 bridgehead atoms. The van der Waals surface area contributed by atoms with E-state index in [-0.39, 0.29) is 6.10 Å². The highest BCUT2D eigenvalue weighted by atomic mass is 32.9. The van der Waals surface area contributed by atoms with Crippen LogP contribution in [0.3, 0.4) is 0 Å². The van der Waals surface area contributed by atoms with Crippen LogP contribution in [-0.2, 0) is 22.1 Å². The summed E-state index contributed by atoms with van der Waals surface area (Å²) in [5, 5.41) is 1.08. The summed E-state index contributed by atoms with van der Waals surface area (Å²) in [4.78, 5) is 0. The Bertz CT molecular complexity index is 627. The molecule has 0 aromatic heterocycles. The van der Waals surface area contributed by atoms with Gasteiger partial charge in [-0.3, -0.25) is 0 Å². The lowest BCUT2D eigenvalue weighted by atomic mass is 10.2. The molecule has 2 rings (SSSR count). The molecular weight excluding hydrogens is 331 g/mol. The Morgan fingerprint density at radius 1 is 1.05 bits per heavy atom. The van der Waals surface area contributed by atoms with Crippen molar-refractivity contribution in [2.24, 2.45) is 0 Å². The molecular formula is C17H21O2PS2. The standard InChI is InChI=1S/C17H21O2PS2/c1-14(2)19-20(21,17-11-9-16(18-3)10-12-17)22-13-15-7-5-4-6-8-15/h4-12,14H,13H2,1-3H3. The lowest BCUT2D eigenvalue weighted by Gasteiger charge is -2.24. The van der Waals surface area contributed by atoms with E-state index in [1.165, 1.54) is 5.56 Å². The van der Waals surface area contributed by atoms with Crippen LogP contribution in [0.15, 0.2) is 54.6 Å². The first-order valence-electron chi connectivity index (χ1n) is 7.15. The number of benzene rings is 2. The Morgan fingerprint density at radius 2 is 1.68 bits per heavy atom. The Morgan fingerprint density at radius 3 is 2.23 bits per heavy atom. The summed E-state index contributed by atoms with van der Waals surface area (Å²) >= 11 is 7.67.